The van der Waals surface area contributed by atoms with Gasteiger partial charge in [0.1, 0.15) is 5.03 Å². The van der Waals surface area contributed by atoms with Gasteiger partial charge in [-0.2, -0.15) is 5.10 Å². The average Bonchev–Trinajstić information content (AvgIpc) is 2.46. The molecule has 1 heterocycles. The van der Waals surface area contributed by atoms with Crippen molar-refractivity contribution in [1.82, 2.24) is 15.1 Å². The van der Waals surface area contributed by atoms with Crippen LogP contribution in [0.5, 0.6) is 0 Å². The maximum atomic E-state index is 12.0. The van der Waals surface area contributed by atoms with Gasteiger partial charge in [0.15, 0.2) is 0 Å². The summed E-state index contributed by atoms with van der Waals surface area (Å²) in [4.78, 5) is 13.8. The average molecular weight is 275 g/mol. The van der Waals surface area contributed by atoms with E-state index in [4.69, 9.17) is 0 Å². The highest BCUT2D eigenvalue weighted by atomic mass is 32.2. The number of hydrogen-bond acceptors (Lipinski definition) is 4. The van der Waals surface area contributed by atoms with Crippen molar-refractivity contribution in [3.05, 3.63) is 30.5 Å². The predicted molar refractivity (Wildman–Crippen MR) is 78.2 cm³/mol. The Balaban J connectivity index is 2.12. The van der Waals surface area contributed by atoms with Gasteiger partial charge in [0.25, 0.3) is 0 Å². The van der Waals surface area contributed by atoms with Crippen LogP contribution in [0.3, 0.4) is 0 Å². The van der Waals surface area contributed by atoms with E-state index in [9.17, 15) is 4.79 Å². The summed E-state index contributed by atoms with van der Waals surface area (Å²) in [5, 5.41) is 11.0. The third kappa shape index (κ3) is 3.23. The fourth-order valence-electron chi connectivity index (χ4n) is 1.91. The van der Waals surface area contributed by atoms with Gasteiger partial charge in [-0.05, 0) is 13.8 Å². The molecule has 0 radical (unpaired) electrons. The minimum absolute atomic E-state index is 0.143. The summed E-state index contributed by atoms with van der Waals surface area (Å²) in [6.07, 6.45) is 1.74. The highest BCUT2D eigenvalue weighted by Crippen LogP contribution is 2.24. The number of benzene rings is 1. The van der Waals surface area contributed by atoms with Gasteiger partial charge in [0, 0.05) is 23.9 Å². The molecular weight excluding hydrogens is 258 g/mol. The van der Waals surface area contributed by atoms with Crippen LogP contribution in [-0.2, 0) is 4.79 Å². The van der Waals surface area contributed by atoms with Crippen LogP contribution in [0.25, 0.3) is 10.8 Å². The molecule has 0 spiro atoms. The minimum atomic E-state index is 0.143. The molecule has 1 aromatic heterocycles. The van der Waals surface area contributed by atoms with E-state index in [0.717, 1.165) is 28.9 Å². The van der Waals surface area contributed by atoms with E-state index < -0.39 is 0 Å². The molecular formula is C14H17N3OS. The first kappa shape index (κ1) is 13.8. The number of amides is 1. The van der Waals surface area contributed by atoms with Crippen molar-refractivity contribution < 1.29 is 4.79 Å². The third-order valence-corrected chi connectivity index (χ3v) is 3.95. The summed E-state index contributed by atoms with van der Waals surface area (Å²) < 4.78 is 0. The molecule has 2 aromatic rings. The molecule has 0 atom stereocenters. The second-order valence-corrected chi connectivity index (χ2v) is 5.06. The van der Waals surface area contributed by atoms with Gasteiger partial charge < -0.3 is 4.90 Å². The van der Waals surface area contributed by atoms with Gasteiger partial charge in [-0.15, -0.1) is 5.10 Å². The van der Waals surface area contributed by atoms with Gasteiger partial charge in [-0.25, -0.2) is 0 Å². The third-order valence-electron chi connectivity index (χ3n) is 2.99. The summed E-state index contributed by atoms with van der Waals surface area (Å²) >= 11 is 1.45. The van der Waals surface area contributed by atoms with Crippen LogP contribution >= 0.6 is 11.8 Å². The second kappa shape index (κ2) is 6.52. The zero-order valence-corrected chi connectivity index (χ0v) is 12.0. The predicted octanol–water partition coefficient (Wildman–Crippen LogP) is 2.59. The summed E-state index contributed by atoms with van der Waals surface area (Å²) in [6.45, 7) is 5.47. The van der Waals surface area contributed by atoms with Crippen molar-refractivity contribution in [2.45, 2.75) is 18.9 Å². The van der Waals surface area contributed by atoms with Crippen molar-refractivity contribution in [2.75, 3.05) is 18.8 Å². The fourth-order valence-corrected chi connectivity index (χ4v) is 2.80. The molecule has 1 amide bonds. The Hall–Kier alpha value is -1.62. The molecule has 0 aliphatic heterocycles. The van der Waals surface area contributed by atoms with Gasteiger partial charge in [0.05, 0.1) is 11.9 Å². The van der Waals surface area contributed by atoms with Crippen LogP contribution in [0.15, 0.2) is 35.5 Å². The molecule has 0 aliphatic rings. The number of carbonyl (C=O) groups is 1. The van der Waals surface area contributed by atoms with Crippen molar-refractivity contribution in [1.29, 1.82) is 0 Å². The zero-order chi connectivity index (χ0) is 13.7. The van der Waals surface area contributed by atoms with E-state index in [0.29, 0.717) is 5.75 Å². The summed E-state index contributed by atoms with van der Waals surface area (Å²) in [5.41, 5.74) is 0. The Bertz CT molecular complexity index is 564. The standard InChI is InChI=1S/C14H17N3OS/c1-3-17(4-2)13(18)10-19-14-12-8-6-5-7-11(12)9-15-16-14/h5-9H,3-4,10H2,1-2H3. The van der Waals surface area contributed by atoms with Crippen molar-refractivity contribution >= 4 is 28.4 Å². The SMILES string of the molecule is CCN(CC)C(=O)CSc1nncc2ccccc12. The molecule has 5 heteroatoms. The monoisotopic (exact) mass is 275 g/mol. The Morgan fingerprint density at radius 2 is 2.00 bits per heavy atom. The smallest absolute Gasteiger partial charge is 0.232 e. The number of thioether (sulfide) groups is 1. The number of nitrogens with zero attached hydrogens (tertiary/aromatic N) is 3. The van der Waals surface area contributed by atoms with E-state index in [2.05, 4.69) is 10.2 Å². The molecule has 0 aliphatic carbocycles. The molecule has 0 saturated carbocycles. The fraction of sp³-hybridized carbons (Fsp3) is 0.357. The molecule has 0 saturated heterocycles. The van der Waals surface area contributed by atoms with Crippen LogP contribution < -0.4 is 0 Å². The highest BCUT2D eigenvalue weighted by molar-refractivity contribution is 8.00. The van der Waals surface area contributed by atoms with Gasteiger partial charge >= 0.3 is 0 Å². The summed E-state index contributed by atoms with van der Waals surface area (Å²) in [6, 6.07) is 7.95. The Labute approximate surface area is 117 Å². The molecule has 4 nitrogen and oxygen atoms in total. The summed E-state index contributed by atoms with van der Waals surface area (Å²) in [7, 11) is 0. The van der Waals surface area contributed by atoms with Gasteiger partial charge in [0.2, 0.25) is 5.91 Å². The molecule has 0 fully saturated rings. The van der Waals surface area contributed by atoms with Crippen molar-refractivity contribution in [3.8, 4) is 0 Å². The normalized spacial score (nSPS) is 10.6. The van der Waals surface area contributed by atoms with E-state index in [1.165, 1.54) is 11.8 Å². The molecule has 0 bridgehead atoms. The van der Waals surface area contributed by atoms with Crippen LogP contribution in [0.2, 0.25) is 0 Å². The van der Waals surface area contributed by atoms with E-state index in [-0.39, 0.29) is 5.91 Å². The first-order valence-corrected chi connectivity index (χ1v) is 7.35. The lowest BCUT2D eigenvalue weighted by molar-refractivity contribution is -0.127. The van der Waals surface area contributed by atoms with E-state index in [1.54, 1.807) is 6.20 Å². The minimum Gasteiger partial charge on any atom is -0.343 e. The van der Waals surface area contributed by atoms with Crippen molar-refractivity contribution in [3.63, 3.8) is 0 Å². The molecule has 1 aromatic carbocycles. The van der Waals surface area contributed by atoms with Crippen LogP contribution in [-0.4, -0.2) is 39.8 Å². The lowest BCUT2D eigenvalue weighted by Gasteiger charge is -2.18. The number of hydrogen-bond donors (Lipinski definition) is 0. The first-order valence-electron chi connectivity index (χ1n) is 6.37. The quantitative estimate of drug-likeness (QED) is 0.787. The molecule has 100 valence electrons. The molecule has 2 rings (SSSR count). The van der Waals surface area contributed by atoms with Gasteiger partial charge in [-0.3, -0.25) is 4.79 Å². The number of aromatic nitrogens is 2. The Kier molecular flexibility index (Phi) is 4.74. The maximum absolute atomic E-state index is 12.0. The first-order chi connectivity index (χ1) is 9.26. The van der Waals surface area contributed by atoms with Crippen LogP contribution in [0.4, 0.5) is 0 Å². The lowest BCUT2D eigenvalue weighted by Crippen LogP contribution is -2.31. The maximum Gasteiger partial charge on any atom is 0.232 e. The van der Waals surface area contributed by atoms with Gasteiger partial charge in [-0.1, -0.05) is 36.0 Å². The van der Waals surface area contributed by atoms with Crippen molar-refractivity contribution in [2.24, 2.45) is 0 Å². The van der Waals surface area contributed by atoms with E-state index >= 15 is 0 Å². The largest absolute Gasteiger partial charge is 0.343 e. The Morgan fingerprint density at radius 3 is 2.74 bits per heavy atom. The topological polar surface area (TPSA) is 46.1 Å². The Morgan fingerprint density at radius 1 is 1.26 bits per heavy atom. The summed E-state index contributed by atoms with van der Waals surface area (Å²) in [5.74, 6) is 0.550. The molecule has 0 unspecified atom stereocenters. The van der Waals surface area contributed by atoms with E-state index in [1.807, 2.05) is 43.0 Å². The number of rotatable bonds is 5. The second-order valence-electron chi connectivity index (χ2n) is 4.09. The molecule has 0 N–H and O–H groups in total. The molecule has 19 heavy (non-hydrogen) atoms. The number of fused-ring (bicyclic) bond motifs is 1. The zero-order valence-electron chi connectivity index (χ0n) is 11.2. The van der Waals surface area contributed by atoms with Crippen LogP contribution in [0.1, 0.15) is 13.8 Å². The lowest BCUT2D eigenvalue weighted by atomic mass is 10.2. The van der Waals surface area contributed by atoms with Crippen LogP contribution in [0, 0.1) is 0 Å². The number of carbonyl (C=O) groups excluding carboxylic acids is 1. The highest BCUT2D eigenvalue weighted by Gasteiger charge is 2.11.